The van der Waals surface area contributed by atoms with E-state index >= 15 is 0 Å². The molecule has 2 aromatic rings. The number of nitro benzene ring substituents is 1. The van der Waals surface area contributed by atoms with Gasteiger partial charge in [-0.2, -0.15) is 0 Å². The SMILES string of the molecule is CC[C@@H](C)NC(=O)c1coc(CN(C(=O)c2ccc(C)c([N+](=O)[O-])c2)[C@H](C)CC)n1. The molecule has 2 rings (SSSR count). The number of hydrogen-bond acceptors (Lipinski definition) is 6. The molecule has 0 aliphatic heterocycles. The van der Waals surface area contributed by atoms with Gasteiger partial charge in [-0.25, -0.2) is 4.98 Å². The van der Waals surface area contributed by atoms with Crippen LogP contribution in [0, 0.1) is 17.0 Å². The van der Waals surface area contributed by atoms with Crippen LogP contribution in [0.2, 0.25) is 0 Å². The summed E-state index contributed by atoms with van der Waals surface area (Å²) in [4.78, 5) is 41.8. The lowest BCUT2D eigenvalue weighted by Crippen LogP contribution is -2.38. The second-order valence-corrected chi connectivity index (χ2v) is 7.36. The van der Waals surface area contributed by atoms with Crippen LogP contribution in [0.25, 0.3) is 0 Å². The van der Waals surface area contributed by atoms with Crippen LogP contribution in [0.5, 0.6) is 0 Å². The third-order valence-corrected chi connectivity index (χ3v) is 5.12. The lowest BCUT2D eigenvalue weighted by Gasteiger charge is -2.27. The maximum atomic E-state index is 13.1. The smallest absolute Gasteiger partial charge is 0.273 e. The van der Waals surface area contributed by atoms with E-state index in [2.05, 4.69) is 10.3 Å². The highest BCUT2D eigenvalue weighted by Crippen LogP contribution is 2.22. The third kappa shape index (κ3) is 5.43. The first-order valence-corrected chi connectivity index (χ1v) is 9.99. The van der Waals surface area contributed by atoms with Crippen molar-refractivity contribution < 1.29 is 18.9 Å². The Bertz CT molecular complexity index is 924. The second kappa shape index (κ2) is 10.00. The van der Waals surface area contributed by atoms with Crippen molar-refractivity contribution in [1.82, 2.24) is 15.2 Å². The number of carbonyl (C=O) groups is 2. The summed E-state index contributed by atoms with van der Waals surface area (Å²) in [7, 11) is 0. The topological polar surface area (TPSA) is 119 Å². The minimum Gasteiger partial charge on any atom is -0.446 e. The van der Waals surface area contributed by atoms with Crippen LogP contribution in [0.1, 0.15) is 72.8 Å². The van der Waals surface area contributed by atoms with Crippen molar-refractivity contribution >= 4 is 17.5 Å². The highest BCUT2D eigenvalue weighted by atomic mass is 16.6. The van der Waals surface area contributed by atoms with Crippen LogP contribution >= 0.6 is 0 Å². The molecule has 1 aromatic heterocycles. The maximum Gasteiger partial charge on any atom is 0.273 e. The number of carbonyl (C=O) groups excluding carboxylic acids is 2. The molecule has 2 amide bonds. The normalized spacial score (nSPS) is 12.8. The van der Waals surface area contributed by atoms with Crippen LogP contribution in [-0.2, 0) is 6.54 Å². The fraction of sp³-hybridized carbons (Fsp3) is 0.476. The number of nitro groups is 1. The van der Waals surface area contributed by atoms with Gasteiger partial charge in [-0.15, -0.1) is 0 Å². The van der Waals surface area contributed by atoms with Crippen LogP contribution in [0.3, 0.4) is 0 Å². The lowest BCUT2D eigenvalue weighted by atomic mass is 10.1. The van der Waals surface area contributed by atoms with Gasteiger partial charge >= 0.3 is 0 Å². The summed E-state index contributed by atoms with van der Waals surface area (Å²) in [5.41, 5.74) is 0.739. The molecule has 0 spiro atoms. The first-order valence-electron chi connectivity index (χ1n) is 9.99. The van der Waals surface area contributed by atoms with Gasteiger partial charge in [0.2, 0.25) is 5.89 Å². The van der Waals surface area contributed by atoms with Crippen molar-refractivity contribution in [3.63, 3.8) is 0 Å². The van der Waals surface area contributed by atoms with Gasteiger partial charge in [0.25, 0.3) is 17.5 Å². The molecule has 0 unspecified atom stereocenters. The monoisotopic (exact) mass is 416 g/mol. The van der Waals surface area contributed by atoms with Gasteiger partial charge in [0, 0.05) is 29.3 Å². The number of rotatable bonds is 9. The summed E-state index contributed by atoms with van der Waals surface area (Å²) in [6, 6.07) is 4.26. The van der Waals surface area contributed by atoms with Crippen molar-refractivity contribution in [2.75, 3.05) is 0 Å². The Labute approximate surface area is 175 Å². The van der Waals surface area contributed by atoms with Crippen LogP contribution in [0.15, 0.2) is 28.9 Å². The Balaban J connectivity index is 2.25. The van der Waals surface area contributed by atoms with E-state index in [1.54, 1.807) is 19.1 Å². The number of amides is 2. The summed E-state index contributed by atoms with van der Waals surface area (Å²) in [5.74, 6) is -0.481. The zero-order valence-electron chi connectivity index (χ0n) is 18.0. The Morgan fingerprint density at radius 2 is 1.97 bits per heavy atom. The molecule has 1 aromatic carbocycles. The van der Waals surface area contributed by atoms with E-state index in [9.17, 15) is 19.7 Å². The summed E-state index contributed by atoms with van der Waals surface area (Å²) in [6.07, 6.45) is 2.72. The molecule has 0 saturated heterocycles. The largest absolute Gasteiger partial charge is 0.446 e. The van der Waals surface area contributed by atoms with E-state index in [-0.39, 0.29) is 53.3 Å². The minimum atomic E-state index is -0.504. The van der Waals surface area contributed by atoms with Gasteiger partial charge in [-0.1, -0.05) is 19.9 Å². The molecular formula is C21H28N4O5. The van der Waals surface area contributed by atoms with Crippen molar-refractivity contribution in [3.05, 3.63) is 57.3 Å². The molecule has 0 saturated carbocycles. The highest BCUT2D eigenvalue weighted by Gasteiger charge is 2.25. The first-order chi connectivity index (χ1) is 14.2. The lowest BCUT2D eigenvalue weighted by molar-refractivity contribution is -0.385. The van der Waals surface area contributed by atoms with Crippen molar-refractivity contribution in [2.45, 2.75) is 66.1 Å². The molecule has 0 radical (unpaired) electrons. The van der Waals surface area contributed by atoms with Gasteiger partial charge < -0.3 is 14.6 Å². The number of benzene rings is 1. The maximum absolute atomic E-state index is 13.1. The average Bonchev–Trinajstić information content (AvgIpc) is 3.19. The fourth-order valence-corrected chi connectivity index (χ4v) is 2.79. The van der Waals surface area contributed by atoms with Gasteiger partial charge in [0.05, 0.1) is 11.5 Å². The zero-order chi connectivity index (χ0) is 22.4. The predicted octanol–water partition coefficient (Wildman–Crippen LogP) is 3.86. The minimum absolute atomic E-state index is 0.00756. The van der Waals surface area contributed by atoms with Crippen molar-refractivity contribution in [2.24, 2.45) is 0 Å². The number of oxazole rings is 1. The Kier molecular flexibility index (Phi) is 7.68. The van der Waals surface area contributed by atoms with Crippen LogP contribution in [0.4, 0.5) is 5.69 Å². The number of nitrogens with one attached hydrogen (secondary N) is 1. The Hall–Kier alpha value is -3.23. The standard InChI is InChI=1S/C21H28N4O5/c1-6-14(4)22-20(26)17-12-30-19(23-17)11-24(15(5)7-2)21(27)16-9-8-13(3)18(10-16)25(28)29/h8-10,12,14-15H,6-7,11H2,1-5H3,(H,22,26)/t14-,15-/m1/s1. The summed E-state index contributed by atoms with van der Waals surface area (Å²) < 4.78 is 5.42. The summed E-state index contributed by atoms with van der Waals surface area (Å²) in [5, 5.41) is 14.0. The van der Waals surface area contributed by atoms with Gasteiger partial charge in [0.1, 0.15) is 6.26 Å². The Morgan fingerprint density at radius 1 is 1.27 bits per heavy atom. The molecule has 0 bridgehead atoms. The van der Waals surface area contributed by atoms with E-state index in [0.29, 0.717) is 12.0 Å². The fourth-order valence-electron chi connectivity index (χ4n) is 2.79. The van der Waals surface area contributed by atoms with E-state index in [4.69, 9.17) is 4.42 Å². The van der Waals surface area contributed by atoms with E-state index in [1.165, 1.54) is 17.2 Å². The van der Waals surface area contributed by atoms with E-state index < -0.39 is 4.92 Å². The third-order valence-electron chi connectivity index (χ3n) is 5.12. The van der Waals surface area contributed by atoms with Gasteiger partial charge in [-0.05, 0) is 39.7 Å². The highest BCUT2D eigenvalue weighted by molar-refractivity contribution is 5.95. The molecular weight excluding hydrogens is 388 g/mol. The molecule has 1 heterocycles. The average molecular weight is 416 g/mol. The van der Waals surface area contributed by atoms with Crippen LogP contribution in [-0.4, -0.2) is 38.7 Å². The summed E-state index contributed by atoms with van der Waals surface area (Å²) in [6.45, 7) is 9.33. The number of aromatic nitrogens is 1. The molecule has 9 nitrogen and oxygen atoms in total. The molecule has 2 atom stereocenters. The summed E-state index contributed by atoms with van der Waals surface area (Å²) >= 11 is 0. The first kappa shape index (κ1) is 23.1. The molecule has 0 aliphatic carbocycles. The zero-order valence-corrected chi connectivity index (χ0v) is 18.0. The molecule has 30 heavy (non-hydrogen) atoms. The Morgan fingerprint density at radius 3 is 2.57 bits per heavy atom. The molecule has 0 aliphatic rings. The van der Waals surface area contributed by atoms with Crippen LogP contribution < -0.4 is 5.32 Å². The second-order valence-electron chi connectivity index (χ2n) is 7.36. The predicted molar refractivity (Wildman–Crippen MR) is 111 cm³/mol. The molecule has 9 heteroatoms. The molecule has 0 fully saturated rings. The van der Waals surface area contributed by atoms with E-state index in [0.717, 1.165) is 6.42 Å². The number of nitrogens with zero attached hydrogens (tertiary/aromatic N) is 3. The van der Waals surface area contributed by atoms with Crippen molar-refractivity contribution in [1.29, 1.82) is 0 Å². The van der Waals surface area contributed by atoms with Gasteiger partial charge in [0.15, 0.2) is 5.69 Å². The number of hydrogen-bond donors (Lipinski definition) is 1. The van der Waals surface area contributed by atoms with E-state index in [1.807, 2.05) is 27.7 Å². The van der Waals surface area contributed by atoms with Gasteiger partial charge in [-0.3, -0.25) is 19.7 Å². The molecule has 1 N–H and O–H groups in total. The number of aryl methyl sites for hydroxylation is 1. The quantitative estimate of drug-likeness (QED) is 0.490. The van der Waals surface area contributed by atoms with Crippen molar-refractivity contribution in [3.8, 4) is 0 Å². The molecule has 162 valence electrons.